The van der Waals surface area contributed by atoms with E-state index in [0.717, 1.165) is 18.2 Å². The molecule has 5 nitrogen and oxygen atoms in total. The van der Waals surface area contributed by atoms with Gasteiger partial charge in [-0.3, -0.25) is 0 Å². The van der Waals surface area contributed by atoms with Crippen molar-refractivity contribution in [1.82, 2.24) is 0 Å². The van der Waals surface area contributed by atoms with E-state index >= 15 is 0 Å². The molecule has 2 rings (SSSR count). The number of aryl methyl sites for hydroxylation is 1. The van der Waals surface area contributed by atoms with Gasteiger partial charge in [0.05, 0.1) is 0 Å². The highest BCUT2D eigenvalue weighted by molar-refractivity contribution is 6.31. The summed E-state index contributed by atoms with van der Waals surface area (Å²) in [6, 6.07) is 4.57. The third kappa shape index (κ3) is 8.79. The molecule has 0 aliphatic heterocycles. The molecule has 0 spiro atoms. The average Bonchev–Trinajstić information content (AvgIpc) is 2.65. The van der Waals surface area contributed by atoms with Crippen molar-refractivity contribution in [2.24, 2.45) is 0 Å². The minimum Gasteiger partial charge on any atom is -0.550 e. The molecule has 0 fully saturated rings. The molecule has 0 unspecified atom stereocenters. The van der Waals surface area contributed by atoms with E-state index in [1.54, 1.807) is 13.0 Å². The standard InChI is InChI=1S/C12H24O2.C10H7ClO3/c1-2-3-4-5-6-7-8-9-10-11-12(13)14;1-5-7-3-2-6(12)4-8(7)14-10(13)9(5)11/h2-11H2,1H3,(H,13,14);2-4,12H,1H3/p-1. The number of phenols is 1. The summed E-state index contributed by atoms with van der Waals surface area (Å²) >= 11 is 5.73. The van der Waals surface area contributed by atoms with E-state index in [-0.39, 0.29) is 17.2 Å². The summed E-state index contributed by atoms with van der Waals surface area (Å²) in [5.41, 5.74) is 0.428. The predicted molar refractivity (Wildman–Crippen MR) is 111 cm³/mol. The zero-order valence-electron chi connectivity index (χ0n) is 16.8. The first kappa shape index (κ1) is 24.0. The average molecular weight is 410 g/mol. The van der Waals surface area contributed by atoms with Crippen molar-refractivity contribution in [1.29, 1.82) is 0 Å². The Balaban J connectivity index is 0.000000280. The van der Waals surface area contributed by atoms with Crippen LogP contribution < -0.4 is 10.7 Å². The lowest BCUT2D eigenvalue weighted by Gasteiger charge is -2.02. The Kier molecular flexibility index (Phi) is 11.3. The summed E-state index contributed by atoms with van der Waals surface area (Å²) in [6.07, 6.45) is 11.2. The molecule has 2 aromatic rings. The van der Waals surface area contributed by atoms with E-state index in [2.05, 4.69) is 6.92 Å². The Morgan fingerprint density at radius 3 is 2.21 bits per heavy atom. The van der Waals surface area contributed by atoms with E-state index in [4.69, 9.17) is 16.0 Å². The van der Waals surface area contributed by atoms with Crippen LogP contribution in [0.15, 0.2) is 27.4 Å². The van der Waals surface area contributed by atoms with Gasteiger partial charge in [-0.1, -0.05) is 69.9 Å². The molecule has 0 bridgehead atoms. The fourth-order valence-electron chi connectivity index (χ4n) is 2.90. The maximum atomic E-state index is 11.2. The molecule has 0 saturated carbocycles. The minimum atomic E-state index is -0.909. The number of halogens is 1. The number of fused-ring (bicyclic) bond motifs is 1. The molecule has 1 aromatic carbocycles. The molecule has 1 heterocycles. The van der Waals surface area contributed by atoms with Crippen molar-refractivity contribution < 1.29 is 19.4 Å². The van der Waals surface area contributed by atoms with Gasteiger partial charge in [-0.2, -0.15) is 0 Å². The van der Waals surface area contributed by atoms with Crippen LogP contribution in [0.3, 0.4) is 0 Å². The lowest BCUT2D eigenvalue weighted by atomic mass is 10.1. The van der Waals surface area contributed by atoms with Gasteiger partial charge >= 0.3 is 5.63 Å². The van der Waals surface area contributed by atoms with Gasteiger partial charge in [0.1, 0.15) is 16.4 Å². The maximum absolute atomic E-state index is 11.2. The molecule has 0 atom stereocenters. The summed E-state index contributed by atoms with van der Waals surface area (Å²) in [7, 11) is 0. The molecule has 6 heteroatoms. The molecule has 0 aliphatic rings. The molecular weight excluding hydrogens is 380 g/mol. The number of unbranched alkanes of at least 4 members (excludes halogenated alkanes) is 8. The van der Waals surface area contributed by atoms with Crippen LogP contribution in [-0.2, 0) is 4.79 Å². The van der Waals surface area contributed by atoms with E-state index < -0.39 is 11.6 Å². The Labute approximate surface area is 171 Å². The van der Waals surface area contributed by atoms with Gasteiger partial charge in [-0.25, -0.2) is 4.79 Å². The number of carboxylic acid groups (broad SMARTS) is 1. The number of carboxylic acids is 1. The van der Waals surface area contributed by atoms with Crippen LogP contribution >= 0.6 is 11.6 Å². The number of hydrogen-bond acceptors (Lipinski definition) is 5. The molecule has 28 heavy (non-hydrogen) atoms. The van der Waals surface area contributed by atoms with E-state index in [0.29, 0.717) is 11.1 Å². The van der Waals surface area contributed by atoms with Crippen molar-refractivity contribution in [2.75, 3.05) is 0 Å². The topological polar surface area (TPSA) is 90.6 Å². The van der Waals surface area contributed by atoms with Crippen LogP contribution in [0.2, 0.25) is 5.02 Å². The first-order valence-corrected chi connectivity index (χ1v) is 10.4. The number of carbonyl (C=O) groups excluding carboxylic acids is 1. The summed E-state index contributed by atoms with van der Waals surface area (Å²) in [4.78, 5) is 21.3. The van der Waals surface area contributed by atoms with Crippen molar-refractivity contribution in [3.63, 3.8) is 0 Å². The molecule has 156 valence electrons. The Morgan fingerprint density at radius 2 is 1.64 bits per heavy atom. The largest absolute Gasteiger partial charge is 0.550 e. The summed E-state index contributed by atoms with van der Waals surface area (Å²) in [5, 5.41) is 20.1. The van der Waals surface area contributed by atoms with Crippen LogP contribution in [0.4, 0.5) is 0 Å². The summed E-state index contributed by atoms with van der Waals surface area (Å²) in [6.45, 7) is 3.96. The van der Waals surface area contributed by atoms with Gasteiger partial charge in [-0.05, 0) is 37.5 Å². The van der Waals surface area contributed by atoms with E-state index in [1.165, 1.54) is 57.1 Å². The number of carbonyl (C=O) groups is 1. The van der Waals surface area contributed by atoms with Crippen molar-refractivity contribution in [2.45, 2.75) is 78.1 Å². The van der Waals surface area contributed by atoms with Crippen molar-refractivity contribution >= 4 is 28.5 Å². The van der Waals surface area contributed by atoms with Crippen LogP contribution in [0.1, 0.15) is 76.7 Å². The van der Waals surface area contributed by atoms with Crippen LogP contribution in [0.25, 0.3) is 11.0 Å². The Hall–Kier alpha value is -2.01. The smallest absolute Gasteiger partial charge is 0.355 e. The van der Waals surface area contributed by atoms with Crippen molar-refractivity contribution in [3.05, 3.63) is 39.2 Å². The second-order valence-electron chi connectivity index (χ2n) is 6.96. The zero-order chi connectivity index (χ0) is 20.9. The quantitative estimate of drug-likeness (QED) is 0.434. The molecule has 1 aromatic heterocycles. The maximum Gasteiger partial charge on any atom is 0.355 e. The first-order valence-electron chi connectivity index (χ1n) is 9.98. The van der Waals surface area contributed by atoms with E-state index in [9.17, 15) is 19.8 Å². The number of aliphatic carboxylic acids is 1. The highest BCUT2D eigenvalue weighted by Gasteiger charge is 2.08. The van der Waals surface area contributed by atoms with Crippen LogP contribution in [0.5, 0.6) is 5.75 Å². The normalized spacial score (nSPS) is 10.5. The molecule has 0 amide bonds. The SMILES string of the molecule is CCCCCCCCCCCC(=O)[O-].Cc1c(Cl)c(=O)oc2cc(O)ccc12. The Morgan fingerprint density at radius 1 is 1.07 bits per heavy atom. The zero-order valence-corrected chi connectivity index (χ0v) is 17.5. The lowest BCUT2D eigenvalue weighted by Crippen LogP contribution is -2.21. The fraction of sp³-hybridized carbons (Fsp3) is 0.545. The third-order valence-electron chi connectivity index (χ3n) is 4.56. The number of phenolic OH excluding ortho intramolecular Hbond substituents is 1. The van der Waals surface area contributed by atoms with Gasteiger partial charge in [-0.15, -0.1) is 0 Å². The second kappa shape index (κ2) is 13.2. The lowest BCUT2D eigenvalue weighted by molar-refractivity contribution is -0.305. The summed E-state index contributed by atoms with van der Waals surface area (Å²) < 4.78 is 4.91. The minimum absolute atomic E-state index is 0.0578. The highest BCUT2D eigenvalue weighted by Crippen LogP contribution is 2.24. The number of hydrogen-bond donors (Lipinski definition) is 1. The first-order chi connectivity index (χ1) is 13.4. The van der Waals surface area contributed by atoms with Gasteiger partial charge in [0.15, 0.2) is 0 Å². The monoisotopic (exact) mass is 409 g/mol. The number of benzene rings is 1. The predicted octanol–water partition coefficient (Wildman–Crippen LogP) is 5.12. The van der Waals surface area contributed by atoms with Crippen molar-refractivity contribution in [3.8, 4) is 5.75 Å². The second-order valence-corrected chi connectivity index (χ2v) is 7.34. The van der Waals surface area contributed by atoms with E-state index in [1.807, 2.05) is 0 Å². The van der Waals surface area contributed by atoms with Crippen LogP contribution in [-0.4, -0.2) is 11.1 Å². The summed E-state index contributed by atoms with van der Waals surface area (Å²) in [5.74, 6) is -0.852. The van der Waals surface area contributed by atoms with Gasteiger partial charge in [0.2, 0.25) is 0 Å². The number of aromatic hydroxyl groups is 1. The van der Waals surface area contributed by atoms with Crippen LogP contribution in [0, 0.1) is 6.92 Å². The highest BCUT2D eigenvalue weighted by atomic mass is 35.5. The van der Waals surface area contributed by atoms with Gasteiger partial charge in [0, 0.05) is 17.4 Å². The third-order valence-corrected chi connectivity index (χ3v) is 5.00. The molecular formula is C22H30ClO5-. The van der Waals surface area contributed by atoms with Gasteiger partial charge < -0.3 is 19.4 Å². The molecule has 1 N–H and O–H groups in total. The molecule has 0 aliphatic carbocycles. The Bertz CT molecular complexity index is 797. The number of rotatable bonds is 10. The molecule has 0 radical (unpaired) electrons. The van der Waals surface area contributed by atoms with Gasteiger partial charge in [0.25, 0.3) is 0 Å². The molecule has 0 saturated heterocycles. The fourth-order valence-corrected chi connectivity index (χ4v) is 3.04.